The maximum Gasteiger partial charge on any atom is 0.322 e. The van der Waals surface area contributed by atoms with Gasteiger partial charge in [0.2, 0.25) is 5.75 Å². The van der Waals surface area contributed by atoms with Gasteiger partial charge in [0, 0.05) is 30.6 Å². The van der Waals surface area contributed by atoms with Crippen LogP contribution in [0.2, 0.25) is 5.02 Å². The summed E-state index contributed by atoms with van der Waals surface area (Å²) in [6, 6.07) is 4.20. The number of nitrogens with zero attached hydrogens (tertiary/aromatic N) is 3. The molecule has 1 heterocycles. The van der Waals surface area contributed by atoms with Crippen molar-refractivity contribution in [1.29, 1.82) is 0 Å². The second kappa shape index (κ2) is 5.59. The Morgan fingerprint density at radius 3 is 2.63 bits per heavy atom. The summed E-state index contributed by atoms with van der Waals surface area (Å²) >= 11 is 5.88. The highest BCUT2D eigenvalue weighted by Crippen LogP contribution is 2.36. The molecule has 1 aromatic carbocycles. The van der Waals surface area contributed by atoms with Crippen molar-refractivity contribution in [3.05, 3.63) is 51.3 Å². The lowest BCUT2D eigenvalue weighted by Gasteiger charge is -2.06. The Morgan fingerprint density at radius 2 is 2.05 bits per heavy atom. The smallest absolute Gasteiger partial charge is 0.322 e. The van der Waals surface area contributed by atoms with Crippen LogP contribution in [0.4, 0.5) is 5.69 Å². The van der Waals surface area contributed by atoms with Crippen molar-refractivity contribution < 1.29 is 9.66 Å². The van der Waals surface area contributed by atoms with E-state index >= 15 is 0 Å². The zero-order valence-corrected chi connectivity index (χ0v) is 10.4. The van der Waals surface area contributed by atoms with Gasteiger partial charge < -0.3 is 10.5 Å². The van der Waals surface area contributed by atoms with Gasteiger partial charge in [-0.05, 0) is 6.07 Å². The molecule has 0 radical (unpaired) electrons. The molecule has 0 aliphatic rings. The molecule has 98 valence electrons. The van der Waals surface area contributed by atoms with E-state index in [-0.39, 0.29) is 22.5 Å². The maximum absolute atomic E-state index is 10.9. The molecular formula is C11H9ClN4O3. The highest BCUT2D eigenvalue weighted by atomic mass is 35.5. The third-order valence-electron chi connectivity index (χ3n) is 2.25. The van der Waals surface area contributed by atoms with Crippen LogP contribution >= 0.6 is 11.6 Å². The first-order chi connectivity index (χ1) is 9.11. The summed E-state index contributed by atoms with van der Waals surface area (Å²) in [5, 5.41) is 11.0. The average Bonchev–Trinajstić information content (AvgIpc) is 2.41. The molecule has 19 heavy (non-hydrogen) atoms. The molecular weight excluding hydrogens is 272 g/mol. The van der Waals surface area contributed by atoms with Gasteiger partial charge in [-0.3, -0.25) is 10.1 Å². The summed E-state index contributed by atoms with van der Waals surface area (Å²) in [4.78, 5) is 18.1. The minimum atomic E-state index is -0.588. The number of benzene rings is 1. The first-order valence-electron chi connectivity index (χ1n) is 5.23. The Labute approximate surface area is 113 Å². The van der Waals surface area contributed by atoms with E-state index in [4.69, 9.17) is 22.1 Å². The number of hydrogen-bond donors (Lipinski definition) is 1. The minimum Gasteiger partial charge on any atom is -0.415 e. The normalized spacial score (nSPS) is 10.2. The quantitative estimate of drug-likeness (QED) is 0.680. The van der Waals surface area contributed by atoms with Gasteiger partial charge in [0.1, 0.15) is 0 Å². The number of halogens is 1. The van der Waals surface area contributed by atoms with E-state index in [1.807, 2.05) is 0 Å². The molecule has 0 saturated carbocycles. The molecule has 0 amide bonds. The summed E-state index contributed by atoms with van der Waals surface area (Å²) in [6.07, 6.45) is 2.95. The minimum absolute atomic E-state index is 0.0339. The van der Waals surface area contributed by atoms with E-state index in [2.05, 4.69) is 9.97 Å². The molecule has 2 aromatic rings. The Hall–Kier alpha value is -2.25. The van der Waals surface area contributed by atoms with Gasteiger partial charge in [0.25, 0.3) is 0 Å². The number of hydrogen-bond acceptors (Lipinski definition) is 6. The van der Waals surface area contributed by atoms with Crippen molar-refractivity contribution in [3.63, 3.8) is 0 Å². The third kappa shape index (κ3) is 2.95. The fourth-order valence-electron chi connectivity index (χ4n) is 1.33. The first kappa shape index (κ1) is 13.2. The zero-order chi connectivity index (χ0) is 13.8. The van der Waals surface area contributed by atoms with Crippen molar-refractivity contribution in [2.45, 2.75) is 6.54 Å². The Kier molecular flexibility index (Phi) is 3.88. The van der Waals surface area contributed by atoms with Crippen molar-refractivity contribution >= 4 is 17.3 Å². The van der Waals surface area contributed by atoms with E-state index in [1.54, 1.807) is 0 Å². The summed E-state index contributed by atoms with van der Waals surface area (Å²) in [5.41, 5.74) is 5.88. The third-order valence-corrected chi connectivity index (χ3v) is 2.55. The number of nitrogens with two attached hydrogens (primary N) is 1. The molecule has 7 nitrogen and oxygen atoms in total. The lowest BCUT2D eigenvalue weighted by atomic mass is 10.3. The Bertz CT molecular complexity index is 603. The number of para-hydroxylation sites is 1. The first-order valence-corrected chi connectivity index (χ1v) is 5.61. The maximum atomic E-state index is 10.9. The van der Waals surface area contributed by atoms with Crippen LogP contribution < -0.4 is 10.5 Å². The van der Waals surface area contributed by atoms with Crippen molar-refractivity contribution in [3.8, 4) is 11.8 Å². The number of rotatable bonds is 4. The van der Waals surface area contributed by atoms with Crippen LogP contribution in [0.25, 0.3) is 0 Å². The Morgan fingerprint density at radius 1 is 1.37 bits per heavy atom. The van der Waals surface area contributed by atoms with Crippen LogP contribution in [0.5, 0.6) is 11.8 Å². The molecule has 2 N–H and O–H groups in total. The van der Waals surface area contributed by atoms with Crippen LogP contribution in [-0.2, 0) is 6.54 Å². The summed E-state index contributed by atoms with van der Waals surface area (Å²) in [7, 11) is 0. The zero-order valence-electron chi connectivity index (χ0n) is 9.62. The molecule has 2 rings (SSSR count). The molecule has 1 aromatic heterocycles. The lowest BCUT2D eigenvalue weighted by molar-refractivity contribution is -0.385. The number of ether oxygens (including phenoxy) is 1. The second-order valence-electron chi connectivity index (χ2n) is 3.53. The van der Waals surface area contributed by atoms with E-state index in [0.717, 1.165) is 5.56 Å². The lowest BCUT2D eigenvalue weighted by Crippen LogP contribution is -2.00. The van der Waals surface area contributed by atoms with E-state index < -0.39 is 4.92 Å². The van der Waals surface area contributed by atoms with Crippen molar-refractivity contribution in [2.75, 3.05) is 0 Å². The van der Waals surface area contributed by atoms with Crippen LogP contribution in [0.3, 0.4) is 0 Å². The van der Waals surface area contributed by atoms with E-state index in [1.165, 1.54) is 30.6 Å². The summed E-state index contributed by atoms with van der Waals surface area (Å²) in [5.74, 6) is -0.0883. The summed E-state index contributed by atoms with van der Waals surface area (Å²) in [6.45, 7) is 0.298. The predicted octanol–water partition coefficient (Wildman–Crippen LogP) is 2.29. The number of aromatic nitrogens is 2. The largest absolute Gasteiger partial charge is 0.415 e. The molecule has 0 saturated heterocycles. The van der Waals surface area contributed by atoms with Crippen LogP contribution in [0, 0.1) is 10.1 Å². The Balaban J connectivity index is 2.34. The van der Waals surface area contributed by atoms with Gasteiger partial charge in [-0.15, -0.1) is 0 Å². The van der Waals surface area contributed by atoms with Crippen LogP contribution in [-0.4, -0.2) is 14.9 Å². The molecule has 0 aliphatic carbocycles. The van der Waals surface area contributed by atoms with Gasteiger partial charge in [0.05, 0.1) is 9.95 Å². The fraction of sp³-hybridized carbons (Fsp3) is 0.0909. The molecule has 0 unspecified atom stereocenters. The van der Waals surface area contributed by atoms with Gasteiger partial charge in [-0.25, -0.2) is 9.97 Å². The second-order valence-corrected chi connectivity index (χ2v) is 3.93. The topological polar surface area (TPSA) is 104 Å². The van der Waals surface area contributed by atoms with Gasteiger partial charge in [-0.2, -0.15) is 0 Å². The number of nitro groups is 1. The standard InChI is InChI=1S/C11H9ClN4O3/c12-8-2-1-3-9(16(17)18)10(8)19-11-14-5-7(4-13)6-15-11/h1-3,5-6H,4,13H2. The molecule has 0 fully saturated rings. The molecule has 0 bridgehead atoms. The van der Waals surface area contributed by atoms with Gasteiger partial charge >= 0.3 is 11.7 Å². The van der Waals surface area contributed by atoms with Gasteiger partial charge in [-0.1, -0.05) is 17.7 Å². The van der Waals surface area contributed by atoms with Crippen LogP contribution in [0.1, 0.15) is 5.56 Å². The molecule has 8 heteroatoms. The SMILES string of the molecule is NCc1cnc(Oc2c(Cl)cccc2[N+](=O)[O-])nc1. The highest BCUT2D eigenvalue weighted by molar-refractivity contribution is 6.32. The van der Waals surface area contributed by atoms with Crippen LogP contribution in [0.15, 0.2) is 30.6 Å². The number of nitro benzene ring substituents is 1. The molecule has 0 atom stereocenters. The van der Waals surface area contributed by atoms with Gasteiger partial charge in [0.15, 0.2) is 0 Å². The highest BCUT2D eigenvalue weighted by Gasteiger charge is 2.19. The van der Waals surface area contributed by atoms with E-state index in [9.17, 15) is 10.1 Å². The molecule has 0 spiro atoms. The fourth-order valence-corrected chi connectivity index (χ4v) is 1.54. The molecule has 0 aliphatic heterocycles. The van der Waals surface area contributed by atoms with E-state index in [0.29, 0.717) is 6.54 Å². The van der Waals surface area contributed by atoms with Crippen molar-refractivity contribution in [2.24, 2.45) is 5.73 Å². The average molecular weight is 281 g/mol. The van der Waals surface area contributed by atoms with Crippen molar-refractivity contribution in [1.82, 2.24) is 9.97 Å². The monoisotopic (exact) mass is 280 g/mol. The predicted molar refractivity (Wildman–Crippen MR) is 68.1 cm³/mol. The summed E-state index contributed by atoms with van der Waals surface area (Å²) < 4.78 is 5.26.